The molecule has 0 aromatic carbocycles. The summed E-state index contributed by atoms with van der Waals surface area (Å²) in [6, 6.07) is 0. The summed E-state index contributed by atoms with van der Waals surface area (Å²) < 4.78 is 193. The fourth-order valence-electron chi connectivity index (χ4n) is 0.518. The van der Waals surface area contributed by atoms with E-state index < -0.39 is 49.0 Å². The molecule has 0 bridgehead atoms. The van der Waals surface area contributed by atoms with Crippen LogP contribution < -0.4 is 18.9 Å². The molecule has 0 atom stereocenters. The zero-order chi connectivity index (χ0) is 21.5. The van der Waals surface area contributed by atoms with Gasteiger partial charge in [-0.1, -0.05) is 0 Å². The number of alkyl halides is 12. The third-order valence-electron chi connectivity index (χ3n) is 1.72. The number of rotatable bonds is 3. The molecular formula is C5HF12LiO6S2. The molecule has 0 unspecified atom stereocenters. The van der Waals surface area contributed by atoms with Crippen molar-refractivity contribution < 1.29 is 97.5 Å². The van der Waals surface area contributed by atoms with Crippen LogP contribution in [-0.4, -0.2) is 54.7 Å². The maximum Gasteiger partial charge on any atom is 1.00 e. The molecule has 0 rings (SSSR count). The Labute approximate surface area is 147 Å². The van der Waals surface area contributed by atoms with E-state index in [1.54, 1.807) is 0 Å². The molecule has 21 heteroatoms. The summed E-state index contributed by atoms with van der Waals surface area (Å²) in [6.07, 6.45) is -7.16. The molecule has 0 aromatic heterocycles. The Bertz CT molecular complexity index is 676. The first kappa shape index (κ1) is 30.3. The zero-order valence-electron chi connectivity index (χ0n) is 11.3. The van der Waals surface area contributed by atoms with E-state index in [-0.39, 0.29) is 18.9 Å². The van der Waals surface area contributed by atoms with E-state index in [1.165, 1.54) is 0 Å². The normalized spacial score (nSPS) is 14.8. The van der Waals surface area contributed by atoms with Crippen molar-refractivity contribution in [1.29, 1.82) is 0 Å². The van der Waals surface area contributed by atoms with Crippen molar-refractivity contribution in [2.75, 3.05) is 0 Å². The number of hydrogen-bond donors (Lipinski definition) is 1. The zero-order valence-corrected chi connectivity index (χ0v) is 13.0. The van der Waals surface area contributed by atoms with Crippen molar-refractivity contribution >= 4 is 20.2 Å². The predicted octanol–water partition coefficient (Wildman–Crippen LogP) is -0.645. The summed E-state index contributed by atoms with van der Waals surface area (Å²) >= 11 is 0. The van der Waals surface area contributed by atoms with Gasteiger partial charge in [0.2, 0.25) is 0 Å². The molecule has 0 radical (unpaired) electrons. The largest absolute Gasteiger partial charge is 1.00 e. The van der Waals surface area contributed by atoms with E-state index in [1.807, 2.05) is 0 Å². The van der Waals surface area contributed by atoms with Gasteiger partial charge < -0.3 is 4.55 Å². The van der Waals surface area contributed by atoms with Crippen LogP contribution in [0.1, 0.15) is 0 Å². The van der Waals surface area contributed by atoms with Gasteiger partial charge in [-0.15, -0.1) is 0 Å². The van der Waals surface area contributed by atoms with Gasteiger partial charge in [-0.25, -0.2) is 8.42 Å². The topological polar surface area (TPSA) is 112 Å². The summed E-state index contributed by atoms with van der Waals surface area (Å²) in [6.45, 7) is 0. The van der Waals surface area contributed by atoms with Crippen molar-refractivity contribution in [3.8, 4) is 0 Å². The molecule has 0 aliphatic rings. The van der Waals surface area contributed by atoms with Crippen LogP contribution in [0.4, 0.5) is 52.7 Å². The van der Waals surface area contributed by atoms with Gasteiger partial charge in [-0.3, -0.25) is 4.55 Å². The minimum Gasteiger partial charge on any atom is -0.743 e. The smallest absolute Gasteiger partial charge is 0.743 e. The van der Waals surface area contributed by atoms with E-state index in [4.69, 9.17) is 13.0 Å². The van der Waals surface area contributed by atoms with Crippen molar-refractivity contribution in [2.24, 2.45) is 0 Å². The molecule has 0 saturated heterocycles. The van der Waals surface area contributed by atoms with E-state index in [2.05, 4.69) is 0 Å². The SMILES string of the molecule is O=S(=O)(O)C(F)(F)F.O=S(=O)([O-])C(F)(F)C(F)(F)C(F)(F)C(F)(F)F.[Li+]. The molecule has 0 aromatic rings. The Kier molecular flexibility index (Phi) is 9.21. The molecule has 0 aliphatic carbocycles. The molecule has 154 valence electrons. The van der Waals surface area contributed by atoms with Gasteiger partial charge in [0.15, 0.2) is 10.1 Å². The monoisotopic (exact) mass is 456 g/mol. The van der Waals surface area contributed by atoms with Crippen LogP contribution in [0.3, 0.4) is 0 Å². The molecule has 0 spiro atoms. The van der Waals surface area contributed by atoms with Gasteiger partial charge in [-0.05, 0) is 0 Å². The van der Waals surface area contributed by atoms with Gasteiger partial charge in [0.25, 0.3) is 0 Å². The van der Waals surface area contributed by atoms with Gasteiger partial charge in [0.1, 0.15) is 0 Å². The fraction of sp³-hybridized carbons (Fsp3) is 1.00. The summed E-state index contributed by atoms with van der Waals surface area (Å²) in [5.41, 5.74) is -5.53. The maximum absolute atomic E-state index is 12.2. The summed E-state index contributed by atoms with van der Waals surface area (Å²) in [5.74, 6) is -14.8. The third-order valence-corrected chi connectivity index (χ3v) is 3.19. The van der Waals surface area contributed by atoms with Crippen LogP contribution in [0, 0.1) is 0 Å². The predicted molar refractivity (Wildman–Crippen MR) is 48.2 cm³/mol. The second-order valence-corrected chi connectivity index (χ2v) is 6.37. The Morgan fingerprint density at radius 1 is 0.654 bits per heavy atom. The van der Waals surface area contributed by atoms with E-state index in [9.17, 15) is 65.7 Å². The van der Waals surface area contributed by atoms with E-state index in [0.29, 0.717) is 0 Å². The van der Waals surface area contributed by atoms with Gasteiger partial charge in [0.05, 0.1) is 0 Å². The Balaban J connectivity index is -0.000000498. The Hall–Kier alpha value is -0.423. The van der Waals surface area contributed by atoms with Crippen LogP contribution in [0.15, 0.2) is 0 Å². The van der Waals surface area contributed by atoms with Crippen LogP contribution in [0.25, 0.3) is 0 Å². The molecule has 0 amide bonds. The molecule has 6 nitrogen and oxygen atoms in total. The van der Waals surface area contributed by atoms with Crippen molar-refractivity contribution in [1.82, 2.24) is 0 Å². The van der Waals surface area contributed by atoms with E-state index >= 15 is 0 Å². The Morgan fingerprint density at radius 3 is 1.00 bits per heavy atom. The molecule has 0 aliphatic heterocycles. The van der Waals surface area contributed by atoms with Crippen molar-refractivity contribution in [3.05, 3.63) is 0 Å². The minimum absolute atomic E-state index is 0. The maximum atomic E-state index is 12.2. The first-order valence-corrected chi connectivity index (χ1v) is 7.29. The molecule has 26 heavy (non-hydrogen) atoms. The molecule has 0 saturated carbocycles. The van der Waals surface area contributed by atoms with Gasteiger partial charge >= 0.3 is 57.8 Å². The summed E-state index contributed by atoms with van der Waals surface area (Å²) in [5, 5.41) is -7.11. The second-order valence-electron chi connectivity index (χ2n) is 3.54. The molecule has 1 N–H and O–H groups in total. The first-order chi connectivity index (χ1) is 10.2. The average molecular weight is 456 g/mol. The number of hydrogen-bond acceptors (Lipinski definition) is 5. The Morgan fingerprint density at radius 2 is 0.885 bits per heavy atom. The quantitative estimate of drug-likeness (QED) is 0.262. The van der Waals surface area contributed by atoms with Gasteiger partial charge in [-0.2, -0.15) is 61.1 Å². The minimum atomic E-state index is -7.43. The first-order valence-electron chi connectivity index (χ1n) is 4.44. The molecular weight excluding hydrogens is 455 g/mol. The average Bonchev–Trinajstić information content (AvgIpc) is 2.23. The van der Waals surface area contributed by atoms with E-state index in [0.717, 1.165) is 0 Å². The molecule has 0 fully saturated rings. The third kappa shape index (κ3) is 6.05. The van der Waals surface area contributed by atoms with Crippen LogP contribution in [-0.2, 0) is 20.2 Å². The van der Waals surface area contributed by atoms with Crippen LogP contribution >= 0.6 is 0 Å². The molecule has 0 heterocycles. The second kappa shape index (κ2) is 7.90. The summed E-state index contributed by atoms with van der Waals surface area (Å²) in [7, 11) is -13.3. The van der Waals surface area contributed by atoms with Crippen LogP contribution in [0.2, 0.25) is 0 Å². The number of halogens is 12. The van der Waals surface area contributed by atoms with Crippen molar-refractivity contribution in [2.45, 2.75) is 28.8 Å². The van der Waals surface area contributed by atoms with Crippen molar-refractivity contribution in [3.63, 3.8) is 0 Å². The fourth-order valence-corrected chi connectivity index (χ4v) is 0.960. The van der Waals surface area contributed by atoms with Crippen LogP contribution in [0.5, 0.6) is 0 Å². The van der Waals surface area contributed by atoms with Gasteiger partial charge in [0, 0.05) is 0 Å². The standard InChI is InChI=1S/C4HF9O3S.CHF3O3S.Li/c5-1(6,3(9,10)11)2(7,8)4(12,13)17(14,15)16;2-1(3,4)8(5,6)7;/h(H,14,15,16);(H,5,6,7);/q;;+1/p-1. The summed E-state index contributed by atoms with van der Waals surface area (Å²) in [4.78, 5) is 0.